The molecule has 8 N–H and O–H groups in total. The van der Waals surface area contributed by atoms with Crippen LogP contribution in [0, 0.1) is 0 Å². The molecule has 0 saturated carbocycles. The first kappa shape index (κ1) is 41.0. The van der Waals surface area contributed by atoms with Crippen molar-refractivity contribution >= 4 is 40.5 Å². The zero-order valence-electron chi connectivity index (χ0n) is 29.9. The van der Waals surface area contributed by atoms with Gasteiger partial charge in [0.05, 0.1) is 5.69 Å². The van der Waals surface area contributed by atoms with Crippen LogP contribution in [0.2, 0.25) is 0 Å². The first-order valence-electron chi connectivity index (χ1n) is 16.5. The Kier molecular flexibility index (Phi) is 14.5. The highest BCUT2D eigenvalue weighted by molar-refractivity contribution is 8.00. The second kappa shape index (κ2) is 17.7. The number of nitrogens with zero attached hydrogens (tertiary/aromatic N) is 3. The van der Waals surface area contributed by atoms with Gasteiger partial charge in [0.2, 0.25) is 0 Å². The van der Waals surface area contributed by atoms with Crippen LogP contribution >= 0.6 is 23.5 Å². The third kappa shape index (κ3) is 13.3. The summed E-state index contributed by atoms with van der Waals surface area (Å²) in [6.45, 7) is 17.1. The van der Waals surface area contributed by atoms with E-state index in [1.807, 2.05) is 64.2 Å². The number of nitrogens with two attached hydrogens (primary N) is 3. The van der Waals surface area contributed by atoms with Crippen LogP contribution in [-0.2, 0) is 23.1 Å². The molecule has 9 nitrogen and oxygen atoms in total. The van der Waals surface area contributed by atoms with Gasteiger partial charge in [0.1, 0.15) is 5.65 Å². The van der Waals surface area contributed by atoms with E-state index in [9.17, 15) is 18.0 Å². The number of hydrogen-bond donors (Lipinski definition) is 5. The Labute approximate surface area is 301 Å². The van der Waals surface area contributed by atoms with Crippen LogP contribution in [0.4, 0.5) is 13.2 Å². The van der Waals surface area contributed by atoms with Crippen molar-refractivity contribution in [3.05, 3.63) is 87.6 Å². The molecule has 4 rings (SSSR count). The van der Waals surface area contributed by atoms with E-state index in [1.54, 1.807) is 28.5 Å². The van der Waals surface area contributed by atoms with Gasteiger partial charge in [-0.15, -0.1) is 0 Å². The predicted molar refractivity (Wildman–Crippen MR) is 204 cm³/mol. The molecule has 0 aliphatic rings. The molecule has 0 spiro atoms. The van der Waals surface area contributed by atoms with Crippen molar-refractivity contribution in [2.24, 2.45) is 22.2 Å². The SMILES string of the molecule is CC(C)(C)c1cc2cn(-c3ccc(CNCCCN=C(N)N)cc3)c(=O)nc2[nH]1.CC(CN)SCc1cc(SC(F)(F)F)cc(C(C)(C)C)c1. The topological polar surface area (TPSA) is 153 Å². The first-order chi connectivity index (χ1) is 23.2. The molecule has 0 aliphatic carbocycles. The number of H-pyrrole nitrogens is 1. The van der Waals surface area contributed by atoms with Crippen LogP contribution in [0.5, 0.6) is 0 Å². The number of thioether (sulfide) groups is 2. The van der Waals surface area contributed by atoms with E-state index in [0.29, 0.717) is 29.7 Å². The zero-order chi connectivity index (χ0) is 37.3. The number of hydrogen-bond acceptors (Lipinski definition) is 7. The third-order valence-corrected chi connectivity index (χ3v) is 9.56. The molecule has 0 bridgehead atoms. The molecule has 0 amide bonds. The molecular weight excluding hydrogens is 682 g/mol. The van der Waals surface area contributed by atoms with Crippen LogP contribution in [0.1, 0.15) is 77.3 Å². The van der Waals surface area contributed by atoms with Crippen molar-refractivity contribution in [2.75, 3.05) is 19.6 Å². The number of guanidine groups is 1. The van der Waals surface area contributed by atoms with Crippen molar-refractivity contribution in [1.82, 2.24) is 19.9 Å². The van der Waals surface area contributed by atoms with Crippen LogP contribution in [0.15, 0.2) is 69.4 Å². The minimum atomic E-state index is -4.26. The number of rotatable bonds is 12. The van der Waals surface area contributed by atoms with Crippen molar-refractivity contribution in [1.29, 1.82) is 0 Å². The Morgan fingerprint density at radius 1 is 1.00 bits per heavy atom. The number of fused-ring (bicyclic) bond motifs is 1. The summed E-state index contributed by atoms with van der Waals surface area (Å²) in [7, 11) is 0. The molecule has 274 valence electrons. The van der Waals surface area contributed by atoms with Gasteiger partial charge in [-0.3, -0.25) is 9.56 Å². The number of aromatic amines is 1. The summed E-state index contributed by atoms with van der Waals surface area (Å²) in [5.74, 6) is 0.797. The van der Waals surface area contributed by atoms with E-state index >= 15 is 0 Å². The van der Waals surface area contributed by atoms with Crippen LogP contribution in [0.3, 0.4) is 0 Å². The fraction of sp³-hybridized carbons (Fsp3) is 0.472. The van der Waals surface area contributed by atoms with Crippen LogP contribution in [-0.4, -0.2) is 50.9 Å². The Morgan fingerprint density at radius 3 is 2.26 bits per heavy atom. The summed E-state index contributed by atoms with van der Waals surface area (Å²) in [4.78, 5) is 24.2. The molecule has 4 aromatic rings. The number of halogens is 3. The maximum Gasteiger partial charge on any atom is 0.446 e. The standard InChI is InChI=1S/C21H29N7O.C15H22F3NS2/c1-21(2,3)17-11-15-13-28(20(29)27-18(15)26-17)16-7-5-14(6-8-16)12-24-9-4-10-25-19(22)23;1-10(8-19)20-9-11-5-12(14(2,3)4)7-13(6-11)21-15(16,17)18/h5-8,11,13,24H,4,9-10,12H2,1-3H3,(H4,22,23,25)(H,26,27,29);5-7,10H,8-9,19H2,1-4H3. The number of alkyl halides is 3. The lowest BCUT2D eigenvalue weighted by Crippen LogP contribution is -2.23. The van der Waals surface area contributed by atoms with Gasteiger partial charge >= 0.3 is 11.2 Å². The fourth-order valence-corrected chi connectivity index (χ4v) is 6.12. The number of benzene rings is 2. The van der Waals surface area contributed by atoms with Gasteiger partial charge in [0.25, 0.3) is 0 Å². The number of nitrogens with one attached hydrogen (secondary N) is 2. The Bertz CT molecular complexity index is 1770. The second-order valence-corrected chi connectivity index (χ2v) is 16.7. The van der Waals surface area contributed by atoms with Gasteiger partial charge in [0, 0.05) is 58.2 Å². The lowest BCUT2D eigenvalue weighted by atomic mass is 9.86. The summed E-state index contributed by atoms with van der Waals surface area (Å²) in [5.41, 5.74) is 16.8. The monoisotopic (exact) mass is 732 g/mol. The van der Waals surface area contributed by atoms with Crippen molar-refractivity contribution in [3.8, 4) is 5.69 Å². The molecule has 2 heterocycles. The summed E-state index contributed by atoms with van der Waals surface area (Å²) in [6.07, 6.45) is 2.71. The molecule has 1 atom stereocenters. The molecule has 1 unspecified atom stereocenters. The number of aromatic nitrogens is 3. The summed E-state index contributed by atoms with van der Waals surface area (Å²) >= 11 is 1.61. The van der Waals surface area contributed by atoms with Crippen molar-refractivity contribution in [3.63, 3.8) is 0 Å². The van der Waals surface area contributed by atoms with E-state index in [4.69, 9.17) is 17.2 Å². The third-order valence-electron chi connectivity index (χ3n) is 7.60. The highest BCUT2D eigenvalue weighted by atomic mass is 32.2. The van der Waals surface area contributed by atoms with Gasteiger partial charge < -0.3 is 27.5 Å². The van der Waals surface area contributed by atoms with Crippen molar-refractivity contribution < 1.29 is 13.2 Å². The number of aliphatic imine (C=N–C) groups is 1. The lowest BCUT2D eigenvalue weighted by Gasteiger charge is -2.22. The normalized spacial score (nSPS) is 12.8. The predicted octanol–water partition coefficient (Wildman–Crippen LogP) is 6.94. The van der Waals surface area contributed by atoms with E-state index in [-0.39, 0.29) is 39.1 Å². The molecule has 50 heavy (non-hydrogen) atoms. The van der Waals surface area contributed by atoms with Gasteiger partial charge in [-0.05, 0) is 77.2 Å². The van der Waals surface area contributed by atoms with E-state index in [0.717, 1.165) is 53.0 Å². The van der Waals surface area contributed by atoms with E-state index in [1.165, 1.54) is 0 Å². The van der Waals surface area contributed by atoms with Crippen LogP contribution < -0.4 is 28.2 Å². The Hall–Kier alpha value is -3.46. The van der Waals surface area contributed by atoms with Crippen LogP contribution in [0.25, 0.3) is 16.7 Å². The summed E-state index contributed by atoms with van der Waals surface area (Å²) in [5, 5.41) is 4.56. The highest BCUT2D eigenvalue weighted by Gasteiger charge is 2.30. The lowest BCUT2D eigenvalue weighted by molar-refractivity contribution is -0.0328. The average Bonchev–Trinajstić information content (AvgIpc) is 3.44. The molecule has 0 aliphatic heterocycles. The van der Waals surface area contributed by atoms with Gasteiger partial charge in [-0.2, -0.15) is 29.9 Å². The molecule has 2 aromatic carbocycles. The zero-order valence-corrected chi connectivity index (χ0v) is 31.6. The summed E-state index contributed by atoms with van der Waals surface area (Å²) < 4.78 is 39.4. The smallest absolute Gasteiger partial charge is 0.370 e. The van der Waals surface area contributed by atoms with Crippen molar-refractivity contribution in [2.45, 2.75) is 93.7 Å². The van der Waals surface area contributed by atoms with E-state index < -0.39 is 5.51 Å². The Balaban J connectivity index is 0.000000286. The fourth-order valence-electron chi connectivity index (χ4n) is 4.68. The quantitative estimate of drug-likeness (QED) is 0.0455. The molecule has 0 fully saturated rings. The Morgan fingerprint density at radius 2 is 1.68 bits per heavy atom. The maximum atomic E-state index is 12.6. The maximum absolute atomic E-state index is 12.6. The average molecular weight is 733 g/mol. The molecule has 0 saturated heterocycles. The molecule has 2 aromatic heterocycles. The van der Waals surface area contributed by atoms with Gasteiger partial charge in [0.15, 0.2) is 5.96 Å². The summed E-state index contributed by atoms with van der Waals surface area (Å²) in [6, 6.07) is 15.2. The largest absolute Gasteiger partial charge is 0.446 e. The van der Waals surface area contributed by atoms with Gasteiger partial charge in [-0.25, -0.2) is 4.79 Å². The first-order valence-corrected chi connectivity index (χ1v) is 18.3. The minimum Gasteiger partial charge on any atom is -0.370 e. The molecule has 14 heteroatoms. The molecular formula is C36H51F3N8OS2. The minimum absolute atomic E-state index is 0.0352. The van der Waals surface area contributed by atoms with E-state index in [2.05, 4.69) is 47.1 Å². The molecule has 0 radical (unpaired) electrons. The van der Waals surface area contributed by atoms with Gasteiger partial charge in [-0.1, -0.05) is 66.7 Å². The second-order valence-electron chi connectivity index (χ2n) is 14.2. The highest BCUT2D eigenvalue weighted by Crippen LogP contribution is 2.39.